The fraction of sp³-hybridized carbons (Fsp3) is 0.286. The lowest BCUT2D eigenvalue weighted by Crippen LogP contribution is -2.04. The molecule has 0 amide bonds. The fourth-order valence-electron chi connectivity index (χ4n) is 3.39. The molecular formula is C21H22N2O2S. The number of hydrogen-bond donors (Lipinski definition) is 1. The molecule has 26 heavy (non-hydrogen) atoms. The first kappa shape index (κ1) is 17.2. The molecule has 0 saturated heterocycles. The maximum Gasteiger partial charge on any atom is 0.137 e. The molecule has 0 spiro atoms. The van der Waals surface area contributed by atoms with E-state index in [9.17, 15) is 0 Å². The third-order valence-electron chi connectivity index (χ3n) is 4.64. The van der Waals surface area contributed by atoms with Gasteiger partial charge in [-0.3, -0.25) is 0 Å². The van der Waals surface area contributed by atoms with E-state index in [1.807, 2.05) is 49.3 Å². The Hall–Kier alpha value is -2.24. The summed E-state index contributed by atoms with van der Waals surface area (Å²) in [6, 6.07) is 10.3. The van der Waals surface area contributed by atoms with Crippen LogP contribution < -0.4 is 4.74 Å². The smallest absolute Gasteiger partial charge is 0.137 e. The average molecular weight is 366 g/mol. The van der Waals surface area contributed by atoms with Crippen molar-refractivity contribution in [3.8, 4) is 5.75 Å². The predicted octanol–water partition coefficient (Wildman–Crippen LogP) is 5.18. The number of rotatable bonds is 6. The van der Waals surface area contributed by atoms with Crippen LogP contribution in [0, 0.1) is 0 Å². The van der Waals surface area contributed by atoms with E-state index in [1.165, 1.54) is 11.1 Å². The molecule has 1 aromatic carbocycles. The highest BCUT2D eigenvalue weighted by molar-refractivity contribution is 8.02. The van der Waals surface area contributed by atoms with Gasteiger partial charge in [0.05, 0.1) is 6.61 Å². The molecule has 0 bridgehead atoms. The van der Waals surface area contributed by atoms with Gasteiger partial charge in [-0.25, -0.2) is 4.98 Å². The number of H-pyrrole nitrogens is 1. The molecule has 2 aromatic heterocycles. The molecular weight excluding hydrogens is 344 g/mol. The highest BCUT2D eigenvalue weighted by atomic mass is 32.2. The highest BCUT2D eigenvalue weighted by Crippen LogP contribution is 2.35. The van der Waals surface area contributed by atoms with Gasteiger partial charge in [-0.15, -0.1) is 11.8 Å². The lowest BCUT2D eigenvalue weighted by molar-refractivity contribution is 0.137. The molecule has 134 valence electrons. The Kier molecular flexibility index (Phi) is 5.00. The number of pyridine rings is 1. The number of thioether (sulfide) groups is 1. The average Bonchev–Trinajstić information content (AvgIpc) is 3.33. The SMILES string of the molecule is CCOc1cccc(C(OC)c2c[nH]c3ncc(C4=CSCC4)cc23)c1. The van der Waals surface area contributed by atoms with Crippen molar-refractivity contribution in [1.29, 1.82) is 0 Å². The van der Waals surface area contributed by atoms with Crippen LogP contribution >= 0.6 is 11.8 Å². The standard InChI is InChI=1S/C21H22N2O2S/c1-3-25-17-6-4-5-14(9-17)20(24-2)19-12-23-21-18(19)10-16(11-22-21)15-7-8-26-13-15/h4-6,9-13,20H,3,7-8H2,1-2H3,(H,22,23). The van der Waals surface area contributed by atoms with Gasteiger partial charge in [-0.1, -0.05) is 12.1 Å². The van der Waals surface area contributed by atoms with Crippen molar-refractivity contribution in [3.05, 3.63) is 64.8 Å². The van der Waals surface area contributed by atoms with Crippen LogP contribution in [0.5, 0.6) is 5.75 Å². The molecule has 0 saturated carbocycles. The summed E-state index contributed by atoms with van der Waals surface area (Å²) in [4.78, 5) is 7.90. The first-order valence-electron chi connectivity index (χ1n) is 8.83. The molecule has 3 heterocycles. The van der Waals surface area contributed by atoms with Crippen molar-refractivity contribution >= 4 is 28.4 Å². The molecule has 1 unspecified atom stereocenters. The maximum absolute atomic E-state index is 5.87. The molecule has 0 radical (unpaired) electrons. The summed E-state index contributed by atoms with van der Waals surface area (Å²) in [7, 11) is 1.74. The number of aromatic nitrogens is 2. The van der Waals surface area contributed by atoms with E-state index in [0.717, 1.165) is 40.1 Å². The zero-order valence-electron chi connectivity index (χ0n) is 15.0. The van der Waals surface area contributed by atoms with Gasteiger partial charge in [0, 0.05) is 36.2 Å². The predicted molar refractivity (Wildman–Crippen MR) is 108 cm³/mol. The van der Waals surface area contributed by atoms with Crippen LogP contribution in [-0.4, -0.2) is 29.4 Å². The maximum atomic E-state index is 5.87. The van der Waals surface area contributed by atoms with E-state index in [-0.39, 0.29) is 6.10 Å². The van der Waals surface area contributed by atoms with Crippen molar-refractivity contribution in [2.45, 2.75) is 19.4 Å². The number of aromatic amines is 1. The van der Waals surface area contributed by atoms with E-state index in [0.29, 0.717) is 6.61 Å². The van der Waals surface area contributed by atoms with Crippen LogP contribution in [0.4, 0.5) is 0 Å². The first-order valence-corrected chi connectivity index (χ1v) is 9.88. The molecule has 1 N–H and O–H groups in total. The minimum atomic E-state index is -0.173. The normalized spacial score (nSPS) is 15.2. The number of hydrogen-bond acceptors (Lipinski definition) is 4. The van der Waals surface area contributed by atoms with Gasteiger partial charge in [0.2, 0.25) is 0 Å². The zero-order chi connectivity index (χ0) is 17.9. The van der Waals surface area contributed by atoms with Crippen LogP contribution in [0.2, 0.25) is 0 Å². The van der Waals surface area contributed by atoms with Gasteiger partial charge < -0.3 is 14.5 Å². The van der Waals surface area contributed by atoms with Crippen LogP contribution in [0.15, 0.2) is 48.1 Å². The number of nitrogens with zero attached hydrogens (tertiary/aromatic N) is 1. The fourth-order valence-corrected chi connectivity index (χ4v) is 4.30. The van der Waals surface area contributed by atoms with Crippen LogP contribution in [0.3, 0.4) is 0 Å². The van der Waals surface area contributed by atoms with Crippen LogP contribution in [0.25, 0.3) is 16.6 Å². The van der Waals surface area contributed by atoms with Gasteiger partial charge in [0.25, 0.3) is 0 Å². The lowest BCUT2D eigenvalue weighted by atomic mass is 9.99. The molecule has 5 heteroatoms. The minimum Gasteiger partial charge on any atom is -0.494 e. The Morgan fingerprint density at radius 2 is 2.23 bits per heavy atom. The lowest BCUT2D eigenvalue weighted by Gasteiger charge is -2.16. The Balaban J connectivity index is 1.76. The Morgan fingerprint density at radius 3 is 3.00 bits per heavy atom. The zero-order valence-corrected chi connectivity index (χ0v) is 15.8. The second-order valence-corrected chi connectivity index (χ2v) is 7.23. The molecule has 1 aliphatic heterocycles. The van der Waals surface area contributed by atoms with Gasteiger partial charge in [0.15, 0.2) is 0 Å². The number of nitrogens with one attached hydrogen (secondary N) is 1. The molecule has 1 aliphatic rings. The van der Waals surface area contributed by atoms with E-state index >= 15 is 0 Å². The van der Waals surface area contributed by atoms with Crippen LogP contribution in [0.1, 0.15) is 36.1 Å². The second-order valence-electron chi connectivity index (χ2n) is 6.25. The molecule has 3 aromatic rings. The van der Waals surface area contributed by atoms with Gasteiger partial charge in [0.1, 0.15) is 17.5 Å². The number of ether oxygens (including phenoxy) is 2. The number of methoxy groups -OCH3 is 1. The third-order valence-corrected chi connectivity index (χ3v) is 5.53. The Bertz CT molecular complexity index is 948. The molecule has 1 atom stereocenters. The summed E-state index contributed by atoms with van der Waals surface area (Å²) < 4.78 is 11.5. The van der Waals surface area contributed by atoms with E-state index in [1.54, 1.807) is 7.11 Å². The van der Waals surface area contributed by atoms with E-state index < -0.39 is 0 Å². The molecule has 4 nitrogen and oxygen atoms in total. The van der Waals surface area contributed by atoms with E-state index in [2.05, 4.69) is 27.5 Å². The van der Waals surface area contributed by atoms with E-state index in [4.69, 9.17) is 9.47 Å². The minimum absolute atomic E-state index is 0.173. The Morgan fingerprint density at radius 1 is 1.31 bits per heavy atom. The van der Waals surface area contributed by atoms with Gasteiger partial charge in [-0.05, 0) is 53.7 Å². The van der Waals surface area contributed by atoms with Crippen molar-refractivity contribution < 1.29 is 9.47 Å². The third kappa shape index (κ3) is 3.24. The van der Waals surface area contributed by atoms with Crippen LogP contribution in [-0.2, 0) is 4.74 Å². The highest BCUT2D eigenvalue weighted by Gasteiger charge is 2.20. The first-order chi connectivity index (χ1) is 12.8. The molecule has 4 rings (SSSR count). The van der Waals surface area contributed by atoms with Gasteiger partial charge in [-0.2, -0.15) is 0 Å². The molecule has 0 fully saturated rings. The number of allylic oxidation sites excluding steroid dienone is 1. The quantitative estimate of drug-likeness (QED) is 0.653. The topological polar surface area (TPSA) is 47.1 Å². The van der Waals surface area contributed by atoms with Crippen molar-refractivity contribution in [1.82, 2.24) is 9.97 Å². The summed E-state index contributed by atoms with van der Waals surface area (Å²) in [5, 5.41) is 3.35. The summed E-state index contributed by atoms with van der Waals surface area (Å²) >= 11 is 1.87. The monoisotopic (exact) mass is 366 g/mol. The molecule has 0 aliphatic carbocycles. The van der Waals surface area contributed by atoms with Crippen molar-refractivity contribution in [2.24, 2.45) is 0 Å². The summed E-state index contributed by atoms with van der Waals surface area (Å²) in [5.41, 5.74) is 5.61. The second kappa shape index (κ2) is 7.56. The number of fused-ring (bicyclic) bond motifs is 1. The van der Waals surface area contributed by atoms with Crippen molar-refractivity contribution in [3.63, 3.8) is 0 Å². The van der Waals surface area contributed by atoms with Gasteiger partial charge >= 0.3 is 0 Å². The van der Waals surface area contributed by atoms with Crippen molar-refractivity contribution in [2.75, 3.05) is 19.5 Å². The number of benzene rings is 1. The summed E-state index contributed by atoms with van der Waals surface area (Å²) in [6.07, 6.45) is 4.88. The summed E-state index contributed by atoms with van der Waals surface area (Å²) in [5.74, 6) is 2.01. The summed E-state index contributed by atoms with van der Waals surface area (Å²) in [6.45, 7) is 2.64. The largest absolute Gasteiger partial charge is 0.494 e. The Labute approximate surface area is 157 Å².